The van der Waals surface area contributed by atoms with E-state index in [1.165, 1.54) is 0 Å². The quantitative estimate of drug-likeness (QED) is 0.922. The van der Waals surface area contributed by atoms with Crippen molar-refractivity contribution in [3.05, 3.63) is 48.5 Å². The fourth-order valence-corrected chi connectivity index (χ4v) is 3.02. The Morgan fingerprint density at radius 1 is 1.48 bits per heavy atom. The molecule has 1 atom stereocenters. The van der Waals surface area contributed by atoms with Gasteiger partial charge in [-0.25, -0.2) is 9.78 Å². The van der Waals surface area contributed by atoms with E-state index in [2.05, 4.69) is 16.4 Å². The van der Waals surface area contributed by atoms with Crippen molar-refractivity contribution in [3.8, 4) is 5.75 Å². The second kappa shape index (κ2) is 7.17. The van der Waals surface area contributed by atoms with Gasteiger partial charge in [-0.05, 0) is 30.5 Å². The Balaban J connectivity index is 1.60. The third kappa shape index (κ3) is 3.64. The molecule has 1 saturated heterocycles. The Labute approximate surface area is 136 Å². The van der Waals surface area contributed by atoms with Crippen LogP contribution in [0.2, 0.25) is 0 Å². The maximum atomic E-state index is 12.5. The fourth-order valence-electron chi connectivity index (χ4n) is 3.02. The average Bonchev–Trinajstić information content (AvgIpc) is 3.26. The number of likely N-dealkylation sites (tertiary alicyclic amines) is 1. The van der Waals surface area contributed by atoms with Gasteiger partial charge in [-0.3, -0.25) is 0 Å². The van der Waals surface area contributed by atoms with E-state index in [9.17, 15) is 4.79 Å². The molecule has 1 N–H and O–H groups in total. The van der Waals surface area contributed by atoms with Gasteiger partial charge in [-0.1, -0.05) is 12.1 Å². The Bertz CT molecular complexity index is 642. The lowest BCUT2D eigenvalue weighted by atomic mass is 10.0. The van der Waals surface area contributed by atoms with Crippen LogP contribution >= 0.6 is 0 Å². The summed E-state index contributed by atoms with van der Waals surface area (Å²) in [5, 5.41) is 3.00. The summed E-state index contributed by atoms with van der Waals surface area (Å²) >= 11 is 0. The van der Waals surface area contributed by atoms with E-state index in [1.54, 1.807) is 19.6 Å². The summed E-state index contributed by atoms with van der Waals surface area (Å²) in [6, 6.07) is 8.09. The number of methoxy groups -OCH3 is 1. The molecule has 0 saturated carbocycles. The van der Waals surface area contributed by atoms with Crippen LogP contribution in [0.15, 0.2) is 43.0 Å². The van der Waals surface area contributed by atoms with Gasteiger partial charge < -0.3 is 19.5 Å². The van der Waals surface area contributed by atoms with Crippen LogP contribution in [-0.4, -0.2) is 40.7 Å². The average molecular weight is 314 g/mol. The molecular formula is C17H22N4O2. The molecule has 122 valence electrons. The largest absolute Gasteiger partial charge is 0.497 e. The molecule has 0 aliphatic carbocycles. The van der Waals surface area contributed by atoms with Crippen molar-refractivity contribution in [1.82, 2.24) is 19.8 Å². The zero-order valence-corrected chi connectivity index (χ0v) is 13.3. The molecule has 1 aromatic carbocycles. The van der Waals surface area contributed by atoms with Crippen molar-refractivity contribution in [2.24, 2.45) is 0 Å². The molecule has 6 nitrogen and oxygen atoms in total. The highest BCUT2D eigenvalue weighted by molar-refractivity contribution is 5.75. The smallest absolute Gasteiger partial charge is 0.317 e. The first kappa shape index (κ1) is 15.4. The van der Waals surface area contributed by atoms with Crippen molar-refractivity contribution in [1.29, 1.82) is 0 Å². The molecule has 0 unspecified atom stereocenters. The number of imidazole rings is 1. The number of amides is 2. The predicted molar refractivity (Wildman–Crippen MR) is 87.3 cm³/mol. The minimum atomic E-state index is -0.00423. The van der Waals surface area contributed by atoms with Crippen LogP contribution in [-0.2, 0) is 6.54 Å². The molecular weight excluding hydrogens is 292 g/mol. The lowest BCUT2D eigenvalue weighted by molar-refractivity contribution is 0.192. The third-order valence-electron chi connectivity index (χ3n) is 4.20. The normalized spacial score (nSPS) is 17.3. The number of carbonyl (C=O) groups excluding carboxylic acids is 1. The van der Waals surface area contributed by atoms with E-state index in [0.29, 0.717) is 6.54 Å². The first-order valence-corrected chi connectivity index (χ1v) is 7.92. The first-order chi connectivity index (χ1) is 11.3. The molecule has 1 aliphatic rings. The molecule has 3 rings (SSSR count). The summed E-state index contributed by atoms with van der Waals surface area (Å²) in [7, 11) is 1.66. The molecule has 2 amide bonds. The number of nitrogens with zero attached hydrogens (tertiary/aromatic N) is 3. The number of benzene rings is 1. The molecule has 0 spiro atoms. The SMILES string of the molecule is COc1cccc([C@H]2CCCN2C(=O)NCCn2ccnc2)c1. The summed E-state index contributed by atoms with van der Waals surface area (Å²) in [5.41, 5.74) is 1.13. The zero-order chi connectivity index (χ0) is 16.1. The van der Waals surface area contributed by atoms with Gasteiger partial charge in [-0.2, -0.15) is 0 Å². The second-order valence-electron chi connectivity index (χ2n) is 5.66. The number of hydrogen-bond acceptors (Lipinski definition) is 3. The first-order valence-electron chi connectivity index (χ1n) is 7.92. The predicted octanol–water partition coefficient (Wildman–Crippen LogP) is 2.44. The van der Waals surface area contributed by atoms with Crippen LogP contribution in [0.5, 0.6) is 5.75 Å². The monoisotopic (exact) mass is 314 g/mol. The van der Waals surface area contributed by atoms with Crippen LogP contribution in [0.4, 0.5) is 4.79 Å². The number of rotatable bonds is 5. The van der Waals surface area contributed by atoms with Gasteiger partial charge in [-0.15, -0.1) is 0 Å². The number of ether oxygens (including phenoxy) is 1. The lowest BCUT2D eigenvalue weighted by Crippen LogP contribution is -2.40. The number of hydrogen-bond donors (Lipinski definition) is 1. The minimum Gasteiger partial charge on any atom is -0.497 e. The van der Waals surface area contributed by atoms with Gasteiger partial charge in [0.1, 0.15) is 5.75 Å². The number of nitrogens with one attached hydrogen (secondary N) is 1. The van der Waals surface area contributed by atoms with Gasteiger partial charge in [0.15, 0.2) is 0 Å². The Morgan fingerprint density at radius 2 is 2.39 bits per heavy atom. The van der Waals surface area contributed by atoms with E-state index >= 15 is 0 Å². The number of urea groups is 1. The van der Waals surface area contributed by atoms with Crippen LogP contribution in [0, 0.1) is 0 Å². The Morgan fingerprint density at radius 3 is 3.17 bits per heavy atom. The van der Waals surface area contributed by atoms with Gasteiger partial charge in [0.25, 0.3) is 0 Å². The molecule has 1 aromatic heterocycles. The standard InChI is InChI=1S/C17H22N4O2/c1-23-15-5-2-4-14(12-15)16-6-3-9-21(16)17(22)19-8-11-20-10-7-18-13-20/h2,4-5,7,10,12-13,16H,3,6,8-9,11H2,1H3,(H,19,22)/t16-/m1/s1. The van der Waals surface area contributed by atoms with Crippen molar-refractivity contribution < 1.29 is 9.53 Å². The van der Waals surface area contributed by atoms with Crippen LogP contribution in [0.1, 0.15) is 24.4 Å². The third-order valence-corrected chi connectivity index (χ3v) is 4.20. The van der Waals surface area contributed by atoms with Gasteiger partial charge in [0.2, 0.25) is 0 Å². The summed E-state index contributed by atoms with van der Waals surface area (Å²) < 4.78 is 7.24. The van der Waals surface area contributed by atoms with Crippen molar-refractivity contribution in [2.75, 3.05) is 20.2 Å². The maximum absolute atomic E-state index is 12.5. The van der Waals surface area contributed by atoms with E-state index in [1.807, 2.05) is 33.9 Å². The summed E-state index contributed by atoms with van der Waals surface area (Å²) in [6.45, 7) is 2.11. The highest BCUT2D eigenvalue weighted by atomic mass is 16.5. The van der Waals surface area contributed by atoms with Crippen molar-refractivity contribution >= 4 is 6.03 Å². The second-order valence-corrected chi connectivity index (χ2v) is 5.66. The van der Waals surface area contributed by atoms with Crippen LogP contribution < -0.4 is 10.1 Å². The van der Waals surface area contributed by atoms with Crippen molar-refractivity contribution in [2.45, 2.75) is 25.4 Å². The fraction of sp³-hybridized carbons (Fsp3) is 0.412. The van der Waals surface area contributed by atoms with E-state index in [4.69, 9.17) is 4.74 Å². The molecule has 0 radical (unpaired) electrons. The van der Waals surface area contributed by atoms with Crippen LogP contribution in [0.25, 0.3) is 0 Å². The van der Waals surface area contributed by atoms with Gasteiger partial charge in [0.05, 0.1) is 19.5 Å². The van der Waals surface area contributed by atoms with Gasteiger partial charge in [0, 0.05) is 32.0 Å². The number of aromatic nitrogens is 2. The topological polar surface area (TPSA) is 59.4 Å². The van der Waals surface area contributed by atoms with E-state index in [-0.39, 0.29) is 12.1 Å². The highest BCUT2D eigenvalue weighted by Crippen LogP contribution is 2.33. The lowest BCUT2D eigenvalue weighted by Gasteiger charge is -2.25. The molecule has 1 fully saturated rings. The Kier molecular flexibility index (Phi) is 4.80. The Hall–Kier alpha value is -2.50. The molecule has 23 heavy (non-hydrogen) atoms. The summed E-state index contributed by atoms with van der Waals surface area (Å²) in [5.74, 6) is 0.829. The molecule has 0 bridgehead atoms. The molecule has 1 aliphatic heterocycles. The molecule has 2 heterocycles. The summed E-state index contributed by atoms with van der Waals surface area (Å²) in [4.78, 5) is 18.4. The molecule has 2 aromatic rings. The van der Waals surface area contributed by atoms with E-state index in [0.717, 1.165) is 37.2 Å². The molecule has 6 heteroatoms. The summed E-state index contributed by atoms with van der Waals surface area (Å²) in [6.07, 6.45) is 7.39. The van der Waals surface area contributed by atoms with Crippen LogP contribution in [0.3, 0.4) is 0 Å². The maximum Gasteiger partial charge on any atom is 0.317 e. The van der Waals surface area contributed by atoms with Gasteiger partial charge >= 0.3 is 6.03 Å². The van der Waals surface area contributed by atoms with Crippen molar-refractivity contribution in [3.63, 3.8) is 0 Å². The highest BCUT2D eigenvalue weighted by Gasteiger charge is 2.29. The minimum absolute atomic E-state index is 0.00423. The van der Waals surface area contributed by atoms with E-state index < -0.39 is 0 Å². The number of carbonyl (C=O) groups is 1. The zero-order valence-electron chi connectivity index (χ0n) is 13.3.